The molecule has 1 aliphatic heterocycles. The van der Waals surface area contributed by atoms with Gasteiger partial charge in [0.25, 0.3) is 0 Å². The second kappa shape index (κ2) is 7.43. The molecule has 3 atom stereocenters. The minimum atomic E-state index is -0.386. The maximum absolute atomic E-state index is 11.9. The van der Waals surface area contributed by atoms with Gasteiger partial charge in [-0.1, -0.05) is 19.8 Å². The van der Waals surface area contributed by atoms with Gasteiger partial charge in [-0.3, -0.25) is 4.79 Å². The third kappa shape index (κ3) is 4.31. The van der Waals surface area contributed by atoms with Crippen LogP contribution in [0.3, 0.4) is 0 Å². The molecule has 19 heavy (non-hydrogen) atoms. The molecule has 1 amide bonds. The fourth-order valence-corrected chi connectivity index (χ4v) is 2.72. The maximum atomic E-state index is 11.9. The third-order valence-electron chi connectivity index (χ3n) is 4.17. The number of aliphatic hydroxyl groups is 1. The summed E-state index contributed by atoms with van der Waals surface area (Å²) >= 11 is 0. The number of ether oxygens (including phenoxy) is 1. The topological polar surface area (TPSA) is 70.6 Å². The lowest BCUT2D eigenvalue weighted by Crippen LogP contribution is -2.51. The quantitative estimate of drug-likeness (QED) is 0.706. The van der Waals surface area contributed by atoms with Gasteiger partial charge in [-0.05, 0) is 12.8 Å². The molecule has 2 aliphatic rings. The molecular formula is C13H25ClN2O3. The second-order valence-electron chi connectivity index (χ2n) is 5.70. The molecule has 112 valence electrons. The van der Waals surface area contributed by atoms with Gasteiger partial charge in [0.2, 0.25) is 5.91 Å². The molecule has 2 fully saturated rings. The van der Waals surface area contributed by atoms with Gasteiger partial charge in [-0.15, -0.1) is 12.4 Å². The highest BCUT2D eigenvalue weighted by Gasteiger charge is 2.36. The summed E-state index contributed by atoms with van der Waals surface area (Å²) in [6.07, 6.45) is 3.33. The number of hydrogen-bond acceptors (Lipinski definition) is 4. The Morgan fingerprint density at radius 3 is 2.95 bits per heavy atom. The number of amides is 1. The molecule has 0 radical (unpaired) electrons. The summed E-state index contributed by atoms with van der Waals surface area (Å²) in [6, 6.07) is 0. The van der Waals surface area contributed by atoms with Crippen LogP contribution in [0.5, 0.6) is 0 Å². The van der Waals surface area contributed by atoms with E-state index in [9.17, 15) is 9.90 Å². The van der Waals surface area contributed by atoms with E-state index < -0.39 is 0 Å². The van der Waals surface area contributed by atoms with E-state index in [0.717, 1.165) is 32.2 Å². The first-order chi connectivity index (χ1) is 8.62. The van der Waals surface area contributed by atoms with Crippen LogP contribution in [0, 0.1) is 5.41 Å². The lowest BCUT2D eigenvalue weighted by molar-refractivity contribution is -0.135. The average molecular weight is 293 g/mol. The standard InChI is InChI=1S/C13H24N2O3.ClH/c1-13(5-3-2-4-11(13)16)9-15-12(17)10-8-14-6-7-18-10;/h10-11,14,16H,2-9H2,1H3,(H,15,17);1H. The van der Waals surface area contributed by atoms with Gasteiger partial charge in [-0.25, -0.2) is 0 Å². The second-order valence-corrected chi connectivity index (χ2v) is 5.70. The molecule has 1 saturated carbocycles. The lowest BCUT2D eigenvalue weighted by atomic mass is 9.73. The molecule has 3 unspecified atom stereocenters. The SMILES string of the molecule is CC1(CNC(=O)C2CNCCO2)CCCCC1O.Cl. The normalized spacial score (nSPS) is 35.3. The van der Waals surface area contributed by atoms with Crippen LogP contribution in [0.15, 0.2) is 0 Å². The van der Waals surface area contributed by atoms with Gasteiger partial charge in [0.05, 0.1) is 12.7 Å². The fraction of sp³-hybridized carbons (Fsp3) is 0.923. The van der Waals surface area contributed by atoms with Crippen LogP contribution in [0.2, 0.25) is 0 Å². The Morgan fingerprint density at radius 2 is 2.32 bits per heavy atom. The summed E-state index contributed by atoms with van der Waals surface area (Å²) in [6.45, 7) is 4.55. The van der Waals surface area contributed by atoms with Gasteiger partial charge in [0, 0.05) is 25.0 Å². The van der Waals surface area contributed by atoms with Crippen molar-refractivity contribution in [1.29, 1.82) is 0 Å². The zero-order valence-electron chi connectivity index (χ0n) is 11.5. The molecule has 6 heteroatoms. The van der Waals surface area contributed by atoms with Crippen molar-refractivity contribution in [3.8, 4) is 0 Å². The first kappa shape index (κ1) is 16.7. The Kier molecular flexibility index (Phi) is 6.53. The smallest absolute Gasteiger partial charge is 0.250 e. The Morgan fingerprint density at radius 1 is 1.53 bits per heavy atom. The molecule has 2 rings (SSSR count). The number of carbonyl (C=O) groups excluding carboxylic acids is 1. The maximum Gasteiger partial charge on any atom is 0.250 e. The summed E-state index contributed by atoms with van der Waals surface area (Å²) in [5, 5.41) is 16.1. The van der Waals surface area contributed by atoms with Crippen molar-refractivity contribution in [2.75, 3.05) is 26.2 Å². The van der Waals surface area contributed by atoms with Gasteiger partial charge >= 0.3 is 0 Å². The fourth-order valence-electron chi connectivity index (χ4n) is 2.72. The summed E-state index contributed by atoms with van der Waals surface area (Å²) in [7, 11) is 0. The molecule has 5 nitrogen and oxygen atoms in total. The Hall–Kier alpha value is -0.360. The van der Waals surface area contributed by atoms with Crippen LogP contribution in [0.4, 0.5) is 0 Å². The minimum Gasteiger partial charge on any atom is -0.392 e. The van der Waals surface area contributed by atoms with Crippen molar-refractivity contribution in [1.82, 2.24) is 10.6 Å². The largest absolute Gasteiger partial charge is 0.392 e. The van der Waals surface area contributed by atoms with Crippen molar-refractivity contribution in [2.45, 2.75) is 44.8 Å². The van der Waals surface area contributed by atoms with Crippen LogP contribution < -0.4 is 10.6 Å². The van der Waals surface area contributed by atoms with E-state index in [1.165, 1.54) is 0 Å². The molecular weight excluding hydrogens is 268 g/mol. The van der Waals surface area contributed by atoms with Gasteiger partial charge in [-0.2, -0.15) is 0 Å². The van der Waals surface area contributed by atoms with Crippen LogP contribution >= 0.6 is 12.4 Å². The van der Waals surface area contributed by atoms with E-state index in [4.69, 9.17) is 4.74 Å². The van der Waals surface area contributed by atoms with Gasteiger partial charge < -0.3 is 20.5 Å². The van der Waals surface area contributed by atoms with E-state index in [0.29, 0.717) is 19.7 Å². The molecule has 1 aliphatic carbocycles. The van der Waals surface area contributed by atoms with E-state index in [-0.39, 0.29) is 35.9 Å². The van der Waals surface area contributed by atoms with Crippen molar-refractivity contribution in [3.63, 3.8) is 0 Å². The van der Waals surface area contributed by atoms with E-state index in [2.05, 4.69) is 17.6 Å². The highest BCUT2D eigenvalue weighted by molar-refractivity contribution is 5.85. The number of carbonyl (C=O) groups is 1. The van der Waals surface area contributed by atoms with Crippen molar-refractivity contribution < 1.29 is 14.6 Å². The number of nitrogens with one attached hydrogen (secondary N) is 2. The Balaban J connectivity index is 0.00000180. The van der Waals surface area contributed by atoms with Crippen molar-refractivity contribution in [2.24, 2.45) is 5.41 Å². The molecule has 1 saturated heterocycles. The van der Waals surface area contributed by atoms with Gasteiger partial charge in [0.15, 0.2) is 0 Å². The number of aliphatic hydroxyl groups excluding tert-OH is 1. The number of rotatable bonds is 3. The van der Waals surface area contributed by atoms with Gasteiger partial charge in [0.1, 0.15) is 6.10 Å². The monoisotopic (exact) mass is 292 g/mol. The zero-order valence-corrected chi connectivity index (χ0v) is 12.3. The first-order valence-corrected chi connectivity index (χ1v) is 6.90. The molecule has 0 aromatic heterocycles. The van der Waals surface area contributed by atoms with E-state index >= 15 is 0 Å². The summed E-state index contributed by atoms with van der Waals surface area (Å²) in [5.41, 5.74) is -0.185. The number of hydrogen-bond donors (Lipinski definition) is 3. The van der Waals surface area contributed by atoms with Crippen molar-refractivity contribution in [3.05, 3.63) is 0 Å². The number of halogens is 1. The molecule has 0 spiro atoms. The van der Waals surface area contributed by atoms with Crippen LogP contribution in [0.25, 0.3) is 0 Å². The predicted molar refractivity (Wildman–Crippen MR) is 75.4 cm³/mol. The molecule has 0 aromatic rings. The van der Waals surface area contributed by atoms with E-state index in [1.54, 1.807) is 0 Å². The molecule has 0 aromatic carbocycles. The summed E-state index contributed by atoms with van der Waals surface area (Å²) < 4.78 is 5.40. The first-order valence-electron chi connectivity index (χ1n) is 6.90. The lowest BCUT2D eigenvalue weighted by Gasteiger charge is -2.38. The Bertz CT molecular complexity index is 298. The summed E-state index contributed by atoms with van der Waals surface area (Å²) in [5.74, 6) is -0.0683. The summed E-state index contributed by atoms with van der Waals surface area (Å²) in [4.78, 5) is 11.9. The highest BCUT2D eigenvalue weighted by Crippen LogP contribution is 2.35. The van der Waals surface area contributed by atoms with Crippen LogP contribution in [-0.4, -0.2) is 49.5 Å². The highest BCUT2D eigenvalue weighted by atomic mass is 35.5. The van der Waals surface area contributed by atoms with Crippen LogP contribution in [0.1, 0.15) is 32.6 Å². The van der Waals surface area contributed by atoms with Crippen LogP contribution in [-0.2, 0) is 9.53 Å². The average Bonchev–Trinajstić information content (AvgIpc) is 2.41. The predicted octanol–water partition coefficient (Wildman–Crippen LogP) is 0.454. The molecule has 1 heterocycles. The number of morpholine rings is 1. The molecule has 0 bridgehead atoms. The van der Waals surface area contributed by atoms with E-state index in [1.807, 2.05) is 0 Å². The third-order valence-corrected chi connectivity index (χ3v) is 4.17. The Labute approximate surface area is 120 Å². The molecule has 3 N–H and O–H groups in total. The zero-order chi connectivity index (χ0) is 13.0. The minimum absolute atomic E-state index is 0. The van der Waals surface area contributed by atoms with Crippen molar-refractivity contribution >= 4 is 18.3 Å².